The van der Waals surface area contributed by atoms with Crippen LogP contribution in [-0.4, -0.2) is 20.2 Å². The van der Waals surface area contributed by atoms with Crippen LogP contribution in [0, 0.1) is 20.1 Å². The zero-order chi connectivity index (χ0) is 54.4. The fraction of sp³-hybridized carbons (Fsp3) is 0.300. The molecule has 0 fully saturated rings. The van der Waals surface area contributed by atoms with Crippen molar-refractivity contribution in [2.45, 2.75) is 138 Å². The summed E-state index contributed by atoms with van der Waals surface area (Å²) in [6.07, 6.45) is 1.91. The molecule has 0 bridgehead atoms. The Labute approximate surface area is 475 Å². The minimum absolute atomic E-state index is 0. The van der Waals surface area contributed by atoms with Gasteiger partial charge in [-0.25, -0.2) is 0 Å². The first kappa shape index (κ1) is 55.2. The van der Waals surface area contributed by atoms with Gasteiger partial charge in [-0.3, -0.25) is 0 Å². The Kier molecular flexibility index (Phi) is 14.6. The Balaban J connectivity index is 0.00000722. The number of para-hydroxylation sites is 2. The van der Waals surface area contributed by atoms with Gasteiger partial charge in [-0.1, -0.05) is 157 Å². The van der Waals surface area contributed by atoms with E-state index in [0.717, 1.165) is 94.9 Å². The molecule has 0 aliphatic rings. The van der Waals surface area contributed by atoms with E-state index in [2.05, 4.69) is 173 Å². The SMILES string of the molecule is CCC[C-](Oc1ccc(-c2cccc(-c3cc(C(C)(C)C)cc4c3[nH]c3ccc(C(C)(C)C)cc34)c2O)cc1C)Oc1ccc(-c2cccc(-c3cc(C(C)(C)C)cc4c3[nH]c3ccc(C(C)(C)C)cc34)c2O)cc1C.[Hf]. The second-order valence-electron chi connectivity index (χ2n) is 25.4. The summed E-state index contributed by atoms with van der Waals surface area (Å²) in [7, 11) is 0. The molecule has 6 nitrogen and oxygen atoms in total. The van der Waals surface area contributed by atoms with Crippen molar-refractivity contribution >= 4 is 43.6 Å². The van der Waals surface area contributed by atoms with Crippen molar-refractivity contribution in [3.8, 4) is 67.5 Å². The monoisotopic (exact) mass is 1190 g/mol. The van der Waals surface area contributed by atoms with Gasteiger partial charge in [-0.05, 0) is 153 Å². The normalized spacial score (nSPS) is 12.6. The van der Waals surface area contributed by atoms with Crippen LogP contribution >= 0.6 is 0 Å². The van der Waals surface area contributed by atoms with Gasteiger partial charge in [0.2, 0.25) is 0 Å². The number of nitrogens with one attached hydrogen (secondary N) is 2. The Hall–Kier alpha value is -6.57. The molecule has 10 aromatic rings. The summed E-state index contributed by atoms with van der Waals surface area (Å²) >= 11 is 0. The number of phenols is 2. The topological polar surface area (TPSA) is 90.5 Å². The van der Waals surface area contributed by atoms with Crippen LogP contribution in [0.25, 0.3) is 88.1 Å². The van der Waals surface area contributed by atoms with Gasteiger partial charge in [0.1, 0.15) is 11.5 Å². The van der Waals surface area contributed by atoms with Crippen molar-refractivity contribution in [3.63, 3.8) is 0 Å². The Bertz CT molecular complexity index is 3630. The molecule has 0 spiro atoms. The molecule has 7 heteroatoms. The van der Waals surface area contributed by atoms with Gasteiger partial charge in [-0.2, -0.15) is 0 Å². The van der Waals surface area contributed by atoms with Crippen LogP contribution in [0.3, 0.4) is 0 Å². The molecule has 10 rings (SSSR count). The van der Waals surface area contributed by atoms with E-state index in [-0.39, 0.29) is 59.0 Å². The quantitative estimate of drug-likeness (QED) is 0.0811. The Morgan fingerprint density at radius 2 is 0.779 bits per heavy atom. The molecule has 77 heavy (non-hydrogen) atoms. The average molecular weight is 1190 g/mol. The third-order valence-electron chi connectivity index (χ3n) is 15.4. The molecule has 2 heterocycles. The molecule has 2 aromatic heterocycles. The standard InChI is InChI=1S/C70H75N2O4.Hf/c1-16-19-62(75-60-30-24-42(32-40(60)2)48-20-17-22-50(65(48)73)54-36-46(69(10,11)12)38-56-52-34-44(67(4,5)6)26-28-58(52)71-63(54)56)76-61-31-25-43(33-41(61)3)49-21-18-23-51(66(49)74)55-37-47(70(13,14)15)39-57-53-35-45(68(7,8)9)27-29-59(53)72-64(55)57;/h17-18,20-39,71-74H,16,19H2,1-15H3;/q-1;. The van der Waals surface area contributed by atoms with E-state index in [9.17, 15) is 10.2 Å². The summed E-state index contributed by atoms with van der Waals surface area (Å²) in [5.41, 5.74) is 17.5. The number of H-pyrrole nitrogens is 2. The van der Waals surface area contributed by atoms with Gasteiger partial charge in [0, 0.05) is 98.1 Å². The van der Waals surface area contributed by atoms with E-state index >= 15 is 0 Å². The van der Waals surface area contributed by atoms with E-state index < -0.39 is 0 Å². The first-order valence-electron chi connectivity index (χ1n) is 27.1. The average Bonchev–Trinajstić information content (AvgIpc) is 4.17. The van der Waals surface area contributed by atoms with Crippen molar-refractivity contribution in [2.24, 2.45) is 0 Å². The largest absolute Gasteiger partial charge is 0.619 e. The van der Waals surface area contributed by atoms with E-state index in [1.165, 1.54) is 33.0 Å². The predicted molar refractivity (Wildman–Crippen MR) is 320 cm³/mol. The molecule has 0 atom stereocenters. The predicted octanol–water partition coefficient (Wildman–Crippen LogP) is 19.6. The third-order valence-corrected chi connectivity index (χ3v) is 15.4. The van der Waals surface area contributed by atoms with Gasteiger partial charge < -0.3 is 29.7 Å². The number of rotatable bonds is 10. The van der Waals surface area contributed by atoms with Crippen molar-refractivity contribution < 1.29 is 45.5 Å². The number of fused-ring (bicyclic) bond motifs is 6. The minimum Gasteiger partial charge on any atom is -0.619 e. The van der Waals surface area contributed by atoms with Crippen molar-refractivity contribution in [1.82, 2.24) is 9.97 Å². The molecule has 4 N–H and O–H groups in total. The number of phenolic OH excluding ortho intramolecular Hbond substituents is 2. The summed E-state index contributed by atoms with van der Waals surface area (Å²) in [4.78, 5) is 7.48. The zero-order valence-electron chi connectivity index (χ0n) is 47.8. The first-order valence-corrected chi connectivity index (χ1v) is 27.1. The number of ether oxygens (including phenoxy) is 2. The first-order chi connectivity index (χ1) is 35.8. The van der Waals surface area contributed by atoms with Crippen LogP contribution in [0.15, 0.2) is 133 Å². The Morgan fingerprint density at radius 1 is 0.416 bits per heavy atom. The summed E-state index contributed by atoms with van der Waals surface area (Å²) in [6, 6.07) is 46.7. The smallest absolute Gasteiger partial charge is 0.131 e. The molecule has 0 amide bonds. The van der Waals surface area contributed by atoms with Crippen LogP contribution in [0.4, 0.5) is 0 Å². The van der Waals surface area contributed by atoms with Gasteiger partial charge >= 0.3 is 0 Å². The van der Waals surface area contributed by atoms with E-state index in [4.69, 9.17) is 9.47 Å². The van der Waals surface area contributed by atoms with E-state index in [0.29, 0.717) is 24.2 Å². The second kappa shape index (κ2) is 20.3. The number of aryl methyl sites for hydroxylation is 2. The summed E-state index contributed by atoms with van der Waals surface area (Å²) < 4.78 is 13.2. The van der Waals surface area contributed by atoms with E-state index in [1.54, 1.807) is 0 Å². The molecule has 0 aliphatic heterocycles. The van der Waals surface area contributed by atoms with Crippen LogP contribution < -0.4 is 9.47 Å². The summed E-state index contributed by atoms with van der Waals surface area (Å²) in [6.45, 7) is 33.1. The number of aromatic hydroxyl groups is 2. The third kappa shape index (κ3) is 10.6. The van der Waals surface area contributed by atoms with Gasteiger partial charge in [0.15, 0.2) is 0 Å². The summed E-state index contributed by atoms with van der Waals surface area (Å²) in [5.74, 6) is 1.82. The van der Waals surface area contributed by atoms with Crippen molar-refractivity contribution in [2.75, 3.05) is 0 Å². The van der Waals surface area contributed by atoms with Crippen LogP contribution in [-0.2, 0) is 47.5 Å². The number of aromatic amines is 2. The van der Waals surface area contributed by atoms with Crippen LogP contribution in [0.5, 0.6) is 23.0 Å². The van der Waals surface area contributed by atoms with E-state index in [1.807, 2.05) is 74.5 Å². The number of hydrogen-bond donors (Lipinski definition) is 4. The number of hydrogen-bond acceptors (Lipinski definition) is 4. The molecule has 0 aliphatic carbocycles. The van der Waals surface area contributed by atoms with Crippen LogP contribution in [0.1, 0.15) is 136 Å². The van der Waals surface area contributed by atoms with Gasteiger partial charge in [0.05, 0.1) is 22.5 Å². The summed E-state index contributed by atoms with van der Waals surface area (Å²) in [5, 5.41) is 29.2. The van der Waals surface area contributed by atoms with Crippen molar-refractivity contribution in [3.05, 3.63) is 173 Å². The molecule has 394 valence electrons. The number of benzene rings is 8. The fourth-order valence-electron chi connectivity index (χ4n) is 10.6. The maximum absolute atomic E-state index is 12.3. The molecular weight excluding hydrogens is 1110 g/mol. The Morgan fingerprint density at radius 3 is 1.13 bits per heavy atom. The maximum atomic E-state index is 12.3. The van der Waals surface area contributed by atoms with Gasteiger partial charge in [0.25, 0.3) is 0 Å². The van der Waals surface area contributed by atoms with Crippen LogP contribution in [0.2, 0.25) is 0 Å². The van der Waals surface area contributed by atoms with Gasteiger partial charge in [-0.15, -0.1) is 6.42 Å². The molecule has 0 radical (unpaired) electrons. The molecule has 0 saturated heterocycles. The molecular formula is C70H75HfN2O4-. The molecule has 8 aromatic carbocycles. The minimum atomic E-state index is -0.116. The van der Waals surface area contributed by atoms with Crippen molar-refractivity contribution in [1.29, 1.82) is 0 Å². The number of aromatic nitrogens is 2. The zero-order valence-corrected chi connectivity index (χ0v) is 51.4. The fourth-order valence-corrected chi connectivity index (χ4v) is 10.6. The maximum Gasteiger partial charge on any atom is 0.131 e. The molecule has 0 saturated carbocycles. The second-order valence-corrected chi connectivity index (χ2v) is 25.4. The molecule has 0 unspecified atom stereocenters.